The van der Waals surface area contributed by atoms with Gasteiger partial charge in [0, 0.05) is 6.54 Å². The number of primary amides is 1. The molecule has 3 nitrogen and oxygen atoms in total. The fourth-order valence-electron chi connectivity index (χ4n) is 0.999. The highest BCUT2D eigenvalue weighted by Crippen LogP contribution is 2.03. The molecule has 3 N–H and O–H groups in total. The number of nitrogens with two attached hydrogens (primary N) is 1. The van der Waals surface area contributed by atoms with E-state index in [2.05, 4.69) is 5.32 Å². The maximum atomic E-state index is 10.6. The van der Waals surface area contributed by atoms with Crippen LogP contribution in [0.15, 0.2) is 11.8 Å². The number of hydrogen-bond acceptors (Lipinski definition) is 2. The van der Waals surface area contributed by atoms with E-state index in [-0.39, 0.29) is 5.91 Å². The highest BCUT2D eigenvalue weighted by molar-refractivity contribution is 5.91. The first-order valence-corrected chi connectivity index (χ1v) is 3.54. The molecule has 0 radical (unpaired) electrons. The van der Waals surface area contributed by atoms with Crippen LogP contribution in [0.3, 0.4) is 0 Å². The lowest BCUT2D eigenvalue weighted by Gasteiger charge is -2.01. The zero-order valence-corrected chi connectivity index (χ0v) is 5.89. The van der Waals surface area contributed by atoms with Gasteiger partial charge in [-0.05, 0) is 19.3 Å². The Morgan fingerprint density at radius 2 is 2.40 bits per heavy atom. The van der Waals surface area contributed by atoms with E-state index >= 15 is 0 Å². The van der Waals surface area contributed by atoms with Crippen molar-refractivity contribution in [2.24, 2.45) is 5.73 Å². The Labute approximate surface area is 60.3 Å². The minimum Gasteiger partial charge on any atom is -0.381 e. The van der Waals surface area contributed by atoms with Crippen LogP contribution in [-0.2, 0) is 4.79 Å². The van der Waals surface area contributed by atoms with E-state index in [1.54, 1.807) is 0 Å². The molecule has 1 aliphatic rings. The zero-order valence-electron chi connectivity index (χ0n) is 5.89. The minimum atomic E-state index is -0.345. The van der Waals surface area contributed by atoms with E-state index in [1.165, 1.54) is 0 Å². The Hall–Kier alpha value is -0.990. The lowest BCUT2D eigenvalue weighted by atomic mass is 10.2. The quantitative estimate of drug-likeness (QED) is 0.544. The van der Waals surface area contributed by atoms with E-state index in [0.29, 0.717) is 5.70 Å². The molecular weight excluding hydrogens is 128 g/mol. The van der Waals surface area contributed by atoms with Gasteiger partial charge in [0.1, 0.15) is 0 Å². The van der Waals surface area contributed by atoms with Crippen LogP contribution in [0.25, 0.3) is 0 Å². The fraction of sp³-hybridized carbons (Fsp3) is 0.571. The second-order valence-electron chi connectivity index (χ2n) is 2.40. The van der Waals surface area contributed by atoms with E-state index in [0.717, 1.165) is 25.8 Å². The van der Waals surface area contributed by atoms with Gasteiger partial charge in [-0.15, -0.1) is 0 Å². The number of carbonyl (C=O) groups excluding carboxylic acids is 1. The van der Waals surface area contributed by atoms with Crippen LogP contribution in [0.2, 0.25) is 0 Å². The molecule has 1 amide bonds. The normalized spacial score (nSPS) is 18.6. The highest BCUT2D eigenvalue weighted by atomic mass is 16.1. The van der Waals surface area contributed by atoms with Crippen LogP contribution in [0.1, 0.15) is 19.3 Å². The van der Waals surface area contributed by atoms with Crippen LogP contribution < -0.4 is 11.1 Å². The molecule has 3 heteroatoms. The van der Waals surface area contributed by atoms with Gasteiger partial charge in [-0.3, -0.25) is 4.79 Å². The van der Waals surface area contributed by atoms with Gasteiger partial charge < -0.3 is 11.1 Å². The van der Waals surface area contributed by atoms with Crippen molar-refractivity contribution in [1.29, 1.82) is 0 Å². The number of carbonyl (C=O) groups is 1. The molecule has 0 aliphatic carbocycles. The third-order valence-corrected chi connectivity index (χ3v) is 1.56. The SMILES string of the molecule is NC(=O)C1=CCCCCN1. The van der Waals surface area contributed by atoms with Crippen molar-refractivity contribution in [1.82, 2.24) is 5.32 Å². The summed E-state index contributed by atoms with van der Waals surface area (Å²) >= 11 is 0. The molecule has 0 fully saturated rings. The molecule has 0 aromatic rings. The highest BCUT2D eigenvalue weighted by Gasteiger charge is 2.05. The summed E-state index contributed by atoms with van der Waals surface area (Å²) in [4.78, 5) is 10.6. The largest absolute Gasteiger partial charge is 0.381 e. The Morgan fingerprint density at radius 1 is 1.60 bits per heavy atom. The molecule has 0 bridgehead atoms. The van der Waals surface area contributed by atoms with Crippen molar-refractivity contribution in [3.63, 3.8) is 0 Å². The maximum Gasteiger partial charge on any atom is 0.264 e. The van der Waals surface area contributed by atoms with Crippen molar-refractivity contribution < 1.29 is 4.79 Å². The van der Waals surface area contributed by atoms with E-state index in [9.17, 15) is 4.79 Å². The molecular formula is C7H12N2O. The lowest BCUT2D eigenvalue weighted by molar-refractivity contribution is -0.114. The van der Waals surface area contributed by atoms with Crippen molar-refractivity contribution in [2.75, 3.05) is 6.54 Å². The van der Waals surface area contributed by atoms with Crippen molar-refractivity contribution in [3.8, 4) is 0 Å². The molecule has 56 valence electrons. The molecule has 0 aromatic heterocycles. The first-order valence-electron chi connectivity index (χ1n) is 3.54. The molecule has 1 rings (SSSR count). The average Bonchev–Trinajstić information content (AvgIpc) is 2.12. The number of allylic oxidation sites excluding steroid dienone is 1. The summed E-state index contributed by atoms with van der Waals surface area (Å²) in [5.41, 5.74) is 5.65. The molecule has 1 heterocycles. The molecule has 0 spiro atoms. The number of rotatable bonds is 1. The molecule has 0 saturated heterocycles. The van der Waals surface area contributed by atoms with Crippen LogP contribution in [0, 0.1) is 0 Å². The monoisotopic (exact) mass is 140 g/mol. The maximum absolute atomic E-state index is 10.6. The summed E-state index contributed by atoms with van der Waals surface area (Å²) in [5, 5.41) is 2.97. The summed E-state index contributed by atoms with van der Waals surface area (Å²) in [6, 6.07) is 0. The number of hydrogen-bond donors (Lipinski definition) is 2. The first-order chi connectivity index (χ1) is 4.80. The Kier molecular flexibility index (Phi) is 2.31. The molecule has 0 aromatic carbocycles. The summed E-state index contributed by atoms with van der Waals surface area (Å²) in [5.74, 6) is -0.345. The predicted molar refractivity (Wildman–Crippen MR) is 39.1 cm³/mol. The van der Waals surface area contributed by atoms with E-state index in [1.807, 2.05) is 6.08 Å². The minimum absolute atomic E-state index is 0.345. The van der Waals surface area contributed by atoms with Crippen LogP contribution in [0.5, 0.6) is 0 Å². The van der Waals surface area contributed by atoms with Crippen LogP contribution in [0.4, 0.5) is 0 Å². The molecule has 0 atom stereocenters. The first kappa shape index (κ1) is 7.12. The molecule has 0 saturated carbocycles. The van der Waals surface area contributed by atoms with Gasteiger partial charge in [0.25, 0.3) is 5.91 Å². The van der Waals surface area contributed by atoms with Gasteiger partial charge in [-0.25, -0.2) is 0 Å². The standard InChI is InChI=1S/C7H12N2O/c8-7(10)6-4-2-1-3-5-9-6/h4,9H,1-3,5H2,(H2,8,10). The van der Waals surface area contributed by atoms with Gasteiger partial charge in [-0.2, -0.15) is 0 Å². The second-order valence-corrected chi connectivity index (χ2v) is 2.40. The Bertz CT molecular complexity index is 163. The van der Waals surface area contributed by atoms with Gasteiger partial charge >= 0.3 is 0 Å². The fourth-order valence-corrected chi connectivity index (χ4v) is 0.999. The van der Waals surface area contributed by atoms with Crippen molar-refractivity contribution >= 4 is 5.91 Å². The molecule has 10 heavy (non-hydrogen) atoms. The van der Waals surface area contributed by atoms with E-state index in [4.69, 9.17) is 5.73 Å². The third kappa shape index (κ3) is 1.76. The van der Waals surface area contributed by atoms with Crippen molar-refractivity contribution in [3.05, 3.63) is 11.8 Å². The topological polar surface area (TPSA) is 55.1 Å². The van der Waals surface area contributed by atoms with E-state index < -0.39 is 0 Å². The van der Waals surface area contributed by atoms with Gasteiger partial charge in [0.15, 0.2) is 0 Å². The smallest absolute Gasteiger partial charge is 0.264 e. The lowest BCUT2D eigenvalue weighted by Crippen LogP contribution is -2.25. The Morgan fingerprint density at radius 3 is 3.10 bits per heavy atom. The van der Waals surface area contributed by atoms with Crippen LogP contribution >= 0.6 is 0 Å². The predicted octanol–water partition coefficient (Wildman–Crippen LogP) is 0.129. The van der Waals surface area contributed by atoms with Gasteiger partial charge in [0.05, 0.1) is 5.70 Å². The summed E-state index contributed by atoms with van der Waals surface area (Å²) in [7, 11) is 0. The van der Waals surface area contributed by atoms with Gasteiger partial charge in [0.2, 0.25) is 0 Å². The number of amides is 1. The summed E-state index contributed by atoms with van der Waals surface area (Å²) in [6.45, 7) is 0.870. The second kappa shape index (κ2) is 3.25. The third-order valence-electron chi connectivity index (χ3n) is 1.56. The van der Waals surface area contributed by atoms with Crippen LogP contribution in [-0.4, -0.2) is 12.5 Å². The zero-order chi connectivity index (χ0) is 7.40. The average molecular weight is 140 g/mol. The summed E-state index contributed by atoms with van der Waals surface area (Å²) in [6.07, 6.45) is 5.09. The number of nitrogens with one attached hydrogen (secondary N) is 1. The Balaban J connectivity index is 2.54. The molecule has 1 aliphatic heterocycles. The molecule has 0 unspecified atom stereocenters. The van der Waals surface area contributed by atoms with Crippen molar-refractivity contribution in [2.45, 2.75) is 19.3 Å². The van der Waals surface area contributed by atoms with Gasteiger partial charge in [-0.1, -0.05) is 6.08 Å². The summed E-state index contributed by atoms with van der Waals surface area (Å²) < 4.78 is 0.